The van der Waals surface area contributed by atoms with Crippen LogP contribution in [0.25, 0.3) is 0 Å². The highest BCUT2D eigenvalue weighted by atomic mass is 35.6. The second-order valence-electron chi connectivity index (χ2n) is 6.27. The summed E-state index contributed by atoms with van der Waals surface area (Å²) in [6.07, 6.45) is 3.40. The van der Waals surface area contributed by atoms with E-state index in [1.807, 2.05) is 13.8 Å². The van der Waals surface area contributed by atoms with E-state index in [0.29, 0.717) is 30.9 Å². The average Bonchev–Trinajstić information content (AvgIpc) is 2.86. The third kappa shape index (κ3) is 9.64. The maximum atomic E-state index is 12.3. The van der Waals surface area contributed by atoms with Gasteiger partial charge in [-0.05, 0) is 25.2 Å². The van der Waals surface area contributed by atoms with Crippen molar-refractivity contribution < 1.29 is 19.1 Å². The van der Waals surface area contributed by atoms with Gasteiger partial charge in [0.1, 0.15) is 5.76 Å². The molecule has 9 heteroatoms. The van der Waals surface area contributed by atoms with Crippen LogP contribution in [0.3, 0.4) is 0 Å². The summed E-state index contributed by atoms with van der Waals surface area (Å²) in [5, 5.41) is 0. The van der Waals surface area contributed by atoms with Crippen LogP contribution in [0.5, 0.6) is 0 Å². The number of nitrogens with two attached hydrogens (primary N) is 1. The number of ether oxygens (including phenoxy) is 1. The lowest BCUT2D eigenvalue weighted by Crippen LogP contribution is -2.41. The van der Waals surface area contributed by atoms with E-state index in [1.165, 1.54) is 18.1 Å². The Morgan fingerprint density at radius 1 is 1.35 bits per heavy atom. The molecule has 1 aliphatic heterocycles. The maximum Gasteiger partial charge on any atom is 0.257 e. The zero-order valence-corrected chi connectivity index (χ0v) is 17.8. The van der Waals surface area contributed by atoms with Gasteiger partial charge in [0.2, 0.25) is 11.8 Å². The Bertz CT molecular complexity index is 531. The van der Waals surface area contributed by atoms with Crippen molar-refractivity contribution in [2.75, 3.05) is 7.11 Å². The van der Waals surface area contributed by atoms with Gasteiger partial charge in [-0.1, -0.05) is 55.6 Å². The summed E-state index contributed by atoms with van der Waals surface area (Å²) < 4.78 is 3.76. The molecule has 0 aromatic heterocycles. The molecule has 0 fully saturated rings. The number of hydrogen-bond acceptors (Lipinski definition) is 4. The van der Waals surface area contributed by atoms with E-state index in [2.05, 4.69) is 5.73 Å². The Kier molecular flexibility index (Phi) is 11.2. The van der Waals surface area contributed by atoms with Gasteiger partial charge in [-0.2, -0.15) is 0 Å². The molecule has 0 saturated heterocycles. The van der Waals surface area contributed by atoms with E-state index in [0.717, 1.165) is 6.42 Å². The summed E-state index contributed by atoms with van der Waals surface area (Å²) >= 11 is 17.3. The van der Waals surface area contributed by atoms with Gasteiger partial charge in [-0.3, -0.25) is 19.3 Å². The number of carbonyl (C=O) groups is 3. The van der Waals surface area contributed by atoms with Crippen LogP contribution in [0.2, 0.25) is 0 Å². The average molecular weight is 430 g/mol. The van der Waals surface area contributed by atoms with Gasteiger partial charge >= 0.3 is 0 Å². The van der Waals surface area contributed by atoms with Crippen LogP contribution in [0, 0.1) is 5.92 Å². The van der Waals surface area contributed by atoms with Crippen LogP contribution < -0.4 is 5.73 Å². The fourth-order valence-electron chi connectivity index (χ4n) is 2.16. The zero-order valence-electron chi connectivity index (χ0n) is 15.6. The SMILES string of the molecule is CCC(N)=O.COC1=CC(=O)N(C(=O)CCC(C)C)C1CCC(Cl)(Cl)Cl. The summed E-state index contributed by atoms with van der Waals surface area (Å²) in [7, 11) is 1.46. The molecular weight excluding hydrogens is 403 g/mol. The highest BCUT2D eigenvalue weighted by Crippen LogP contribution is 2.35. The van der Waals surface area contributed by atoms with Crippen molar-refractivity contribution in [3.63, 3.8) is 0 Å². The van der Waals surface area contributed by atoms with E-state index in [4.69, 9.17) is 39.5 Å². The Hall–Kier alpha value is -0.980. The molecule has 3 amide bonds. The van der Waals surface area contributed by atoms with Crippen LogP contribution >= 0.6 is 34.8 Å². The summed E-state index contributed by atoms with van der Waals surface area (Å²) in [5.41, 5.74) is 4.65. The third-order valence-electron chi connectivity index (χ3n) is 3.63. The minimum Gasteiger partial charge on any atom is -0.499 e. The fourth-order valence-corrected chi connectivity index (χ4v) is 2.49. The molecule has 1 atom stereocenters. The fraction of sp³-hybridized carbons (Fsp3) is 0.706. The summed E-state index contributed by atoms with van der Waals surface area (Å²) in [4.78, 5) is 35.1. The van der Waals surface area contributed by atoms with Gasteiger partial charge in [0.05, 0.1) is 13.2 Å². The molecule has 1 heterocycles. The molecule has 0 saturated carbocycles. The van der Waals surface area contributed by atoms with Crippen LogP contribution in [0.1, 0.15) is 52.9 Å². The van der Waals surface area contributed by atoms with Gasteiger partial charge in [0.25, 0.3) is 5.91 Å². The number of imide groups is 1. The topological polar surface area (TPSA) is 89.7 Å². The first-order valence-electron chi connectivity index (χ1n) is 8.39. The summed E-state index contributed by atoms with van der Waals surface area (Å²) in [6, 6.07) is -0.488. The second kappa shape index (κ2) is 11.7. The van der Waals surface area contributed by atoms with Crippen molar-refractivity contribution in [2.24, 2.45) is 11.7 Å². The number of nitrogens with zero attached hydrogens (tertiary/aromatic N) is 1. The van der Waals surface area contributed by atoms with Crippen molar-refractivity contribution in [3.8, 4) is 0 Å². The highest BCUT2D eigenvalue weighted by molar-refractivity contribution is 6.67. The molecule has 0 aliphatic carbocycles. The molecule has 0 spiro atoms. The zero-order chi connectivity index (χ0) is 20.5. The van der Waals surface area contributed by atoms with Gasteiger partial charge in [0, 0.05) is 18.9 Å². The number of carbonyl (C=O) groups excluding carboxylic acids is 3. The van der Waals surface area contributed by atoms with Crippen molar-refractivity contribution in [1.29, 1.82) is 0 Å². The molecule has 0 bridgehead atoms. The van der Waals surface area contributed by atoms with Crippen LogP contribution in [-0.4, -0.2) is 39.6 Å². The lowest BCUT2D eigenvalue weighted by atomic mass is 10.1. The number of alkyl halides is 3. The molecule has 0 aromatic rings. The highest BCUT2D eigenvalue weighted by Gasteiger charge is 2.39. The van der Waals surface area contributed by atoms with E-state index in [1.54, 1.807) is 6.92 Å². The minimum absolute atomic E-state index is 0.216. The standard InChI is InChI=1S/C14H20Cl3NO3.C3H7NO/c1-9(2)4-5-12(19)18-10(6-7-14(15,16)17)11(21-3)8-13(18)20;1-2-3(4)5/h8-10H,4-7H2,1-3H3;2H2,1H3,(H2,4,5). The molecule has 6 nitrogen and oxygen atoms in total. The van der Waals surface area contributed by atoms with Crippen molar-refractivity contribution in [3.05, 3.63) is 11.8 Å². The number of amides is 3. The first kappa shape index (κ1) is 25.0. The number of halogens is 3. The van der Waals surface area contributed by atoms with Crippen LogP contribution in [-0.2, 0) is 19.1 Å². The predicted molar refractivity (Wildman–Crippen MR) is 104 cm³/mol. The molecule has 0 aromatic carbocycles. The number of hydrogen-bond donors (Lipinski definition) is 1. The second-order valence-corrected chi connectivity index (χ2v) is 8.79. The summed E-state index contributed by atoms with van der Waals surface area (Å²) in [5.74, 6) is -0.000442. The molecular formula is C17H27Cl3N2O4. The Morgan fingerprint density at radius 3 is 2.27 bits per heavy atom. The Balaban J connectivity index is 0.00000110. The summed E-state index contributed by atoms with van der Waals surface area (Å²) in [6.45, 7) is 5.78. The number of rotatable bonds is 7. The predicted octanol–water partition coefficient (Wildman–Crippen LogP) is 3.72. The molecule has 1 rings (SSSR count). The molecule has 1 aliphatic rings. The van der Waals surface area contributed by atoms with Crippen LogP contribution in [0.15, 0.2) is 11.8 Å². The lowest BCUT2D eigenvalue weighted by Gasteiger charge is -2.26. The van der Waals surface area contributed by atoms with Crippen LogP contribution in [0.4, 0.5) is 0 Å². The molecule has 26 heavy (non-hydrogen) atoms. The Morgan fingerprint density at radius 2 is 1.88 bits per heavy atom. The molecule has 0 radical (unpaired) electrons. The molecule has 2 N–H and O–H groups in total. The van der Waals surface area contributed by atoms with E-state index in [-0.39, 0.29) is 24.1 Å². The first-order chi connectivity index (χ1) is 11.9. The van der Waals surface area contributed by atoms with E-state index >= 15 is 0 Å². The third-order valence-corrected chi connectivity index (χ3v) is 4.20. The minimum atomic E-state index is -1.42. The largest absolute Gasteiger partial charge is 0.499 e. The van der Waals surface area contributed by atoms with Crippen molar-refractivity contribution in [2.45, 2.75) is 62.7 Å². The van der Waals surface area contributed by atoms with Gasteiger partial charge in [-0.15, -0.1) is 0 Å². The maximum absolute atomic E-state index is 12.3. The lowest BCUT2D eigenvalue weighted by molar-refractivity contribution is -0.143. The smallest absolute Gasteiger partial charge is 0.257 e. The quantitative estimate of drug-likeness (QED) is 0.624. The van der Waals surface area contributed by atoms with Gasteiger partial charge in [0.15, 0.2) is 3.79 Å². The monoisotopic (exact) mass is 428 g/mol. The number of primary amides is 1. The Labute approximate surface area is 169 Å². The van der Waals surface area contributed by atoms with Crippen molar-refractivity contribution in [1.82, 2.24) is 4.90 Å². The molecule has 150 valence electrons. The number of methoxy groups -OCH3 is 1. The van der Waals surface area contributed by atoms with E-state index < -0.39 is 9.83 Å². The molecule has 1 unspecified atom stereocenters. The van der Waals surface area contributed by atoms with E-state index in [9.17, 15) is 14.4 Å². The van der Waals surface area contributed by atoms with Crippen molar-refractivity contribution >= 4 is 52.5 Å². The first-order valence-corrected chi connectivity index (χ1v) is 9.52. The van der Waals surface area contributed by atoms with Gasteiger partial charge in [-0.25, -0.2) is 0 Å². The normalized spacial score (nSPS) is 16.9. The van der Waals surface area contributed by atoms with Gasteiger partial charge < -0.3 is 10.5 Å².